The van der Waals surface area contributed by atoms with Gasteiger partial charge in [-0.05, 0) is 6.92 Å². The quantitative estimate of drug-likeness (QED) is 0.719. The van der Waals surface area contributed by atoms with Gasteiger partial charge >= 0.3 is 0 Å². The van der Waals surface area contributed by atoms with Gasteiger partial charge in [0.15, 0.2) is 5.82 Å². The van der Waals surface area contributed by atoms with E-state index in [4.69, 9.17) is 4.52 Å². The van der Waals surface area contributed by atoms with Gasteiger partial charge in [-0.25, -0.2) is 4.68 Å². The molecule has 0 radical (unpaired) electrons. The molecule has 8 heteroatoms. The van der Waals surface area contributed by atoms with Crippen molar-refractivity contribution in [3.8, 4) is 11.3 Å². The van der Waals surface area contributed by atoms with Gasteiger partial charge in [-0.3, -0.25) is 9.59 Å². The molecule has 0 atom stereocenters. The molecule has 1 amide bonds. The number of carbonyl (C=O) groups is 2. The molecule has 1 aromatic carbocycles. The Balaban J connectivity index is 1.66. The third-order valence-corrected chi connectivity index (χ3v) is 3.08. The van der Waals surface area contributed by atoms with Crippen LogP contribution in [0.5, 0.6) is 0 Å². The maximum atomic E-state index is 11.9. The molecule has 116 valence electrons. The SMILES string of the molecule is Cc1cc(NC(=O)Cn2cc(-c3ccc(C=O)cc3)nn2)no1. The van der Waals surface area contributed by atoms with Crippen LogP contribution in [0.3, 0.4) is 0 Å². The summed E-state index contributed by atoms with van der Waals surface area (Å²) in [6.07, 6.45) is 2.43. The number of aryl methyl sites for hydroxylation is 1. The Kier molecular flexibility index (Phi) is 3.96. The van der Waals surface area contributed by atoms with Crippen LogP contribution >= 0.6 is 0 Å². The molecule has 8 nitrogen and oxygen atoms in total. The van der Waals surface area contributed by atoms with Crippen molar-refractivity contribution in [1.82, 2.24) is 20.2 Å². The minimum absolute atomic E-state index is 0.00529. The molecule has 23 heavy (non-hydrogen) atoms. The first kappa shape index (κ1) is 14.6. The minimum atomic E-state index is -0.286. The predicted molar refractivity (Wildman–Crippen MR) is 80.7 cm³/mol. The Morgan fingerprint density at radius 1 is 1.35 bits per heavy atom. The number of nitrogens with one attached hydrogen (secondary N) is 1. The third-order valence-electron chi connectivity index (χ3n) is 3.08. The topological polar surface area (TPSA) is 103 Å². The number of aromatic nitrogens is 4. The number of amides is 1. The average molecular weight is 311 g/mol. The Morgan fingerprint density at radius 3 is 2.78 bits per heavy atom. The highest BCUT2D eigenvalue weighted by atomic mass is 16.5. The predicted octanol–water partition coefficient (Wildman–Crippen LogP) is 1.69. The Labute approximate surface area is 131 Å². The number of hydrogen-bond donors (Lipinski definition) is 1. The zero-order valence-electron chi connectivity index (χ0n) is 12.3. The average Bonchev–Trinajstić information content (AvgIpc) is 3.16. The van der Waals surface area contributed by atoms with Crippen molar-refractivity contribution in [3.63, 3.8) is 0 Å². The van der Waals surface area contributed by atoms with Gasteiger partial charge in [0, 0.05) is 17.2 Å². The summed E-state index contributed by atoms with van der Waals surface area (Å²) >= 11 is 0. The van der Waals surface area contributed by atoms with Gasteiger partial charge < -0.3 is 9.84 Å². The molecule has 0 spiro atoms. The maximum absolute atomic E-state index is 11.9. The van der Waals surface area contributed by atoms with E-state index in [1.807, 2.05) is 0 Å². The van der Waals surface area contributed by atoms with E-state index in [9.17, 15) is 9.59 Å². The Hall–Kier alpha value is -3.29. The van der Waals surface area contributed by atoms with E-state index in [1.54, 1.807) is 43.5 Å². The van der Waals surface area contributed by atoms with Crippen molar-refractivity contribution in [2.75, 3.05) is 5.32 Å². The molecule has 0 aliphatic rings. The number of anilines is 1. The zero-order chi connectivity index (χ0) is 16.2. The molecule has 0 unspecified atom stereocenters. The molecular formula is C15H13N5O3. The molecule has 0 bridgehead atoms. The molecule has 0 aliphatic heterocycles. The lowest BCUT2D eigenvalue weighted by atomic mass is 10.1. The van der Waals surface area contributed by atoms with E-state index in [1.165, 1.54) is 4.68 Å². The summed E-state index contributed by atoms with van der Waals surface area (Å²) in [4.78, 5) is 22.5. The first-order valence-electron chi connectivity index (χ1n) is 6.83. The highest BCUT2D eigenvalue weighted by Gasteiger charge is 2.10. The summed E-state index contributed by atoms with van der Waals surface area (Å²) in [5, 5.41) is 14.2. The first-order chi connectivity index (χ1) is 11.1. The largest absolute Gasteiger partial charge is 0.360 e. The number of aldehydes is 1. The molecule has 3 aromatic rings. The number of benzene rings is 1. The van der Waals surface area contributed by atoms with E-state index in [-0.39, 0.29) is 12.5 Å². The molecule has 0 aliphatic carbocycles. The van der Waals surface area contributed by atoms with Crippen molar-refractivity contribution in [1.29, 1.82) is 0 Å². The number of nitrogens with zero attached hydrogens (tertiary/aromatic N) is 4. The number of hydrogen-bond acceptors (Lipinski definition) is 6. The van der Waals surface area contributed by atoms with Gasteiger partial charge in [-0.15, -0.1) is 5.10 Å². The van der Waals surface area contributed by atoms with Gasteiger partial charge in [0.1, 0.15) is 24.3 Å². The van der Waals surface area contributed by atoms with Crippen molar-refractivity contribution in [2.45, 2.75) is 13.5 Å². The normalized spacial score (nSPS) is 10.5. The monoisotopic (exact) mass is 311 g/mol. The minimum Gasteiger partial charge on any atom is -0.360 e. The second-order valence-corrected chi connectivity index (χ2v) is 4.91. The van der Waals surface area contributed by atoms with Crippen LogP contribution in [0.15, 0.2) is 41.1 Å². The summed E-state index contributed by atoms with van der Waals surface area (Å²) in [6, 6.07) is 8.56. The highest BCUT2D eigenvalue weighted by Crippen LogP contribution is 2.16. The second kappa shape index (κ2) is 6.22. The molecular weight excluding hydrogens is 298 g/mol. The molecule has 2 heterocycles. The lowest BCUT2D eigenvalue weighted by Crippen LogP contribution is -2.19. The van der Waals surface area contributed by atoms with Crippen LogP contribution in [0.1, 0.15) is 16.1 Å². The van der Waals surface area contributed by atoms with Gasteiger partial charge in [0.05, 0.1) is 6.20 Å². The smallest absolute Gasteiger partial charge is 0.247 e. The van der Waals surface area contributed by atoms with E-state index >= 15 is 0 Å². The summed E-state index contributed by atoms with van der Waals surface area (Å²) in [5.74, 6) is 0.686. The van der Waals surface area contributed by atoms with Crippen LogP contribution in [-0.4, -0.2) is 32.3 Å². The molecule has 0 saturated carbocycles. The van der Waals surface area contributed by atoms with Crippen LogP contribution in [0.4, 0.5) is 5.82 Å². The van der Waals surface area contributed by atoms with Crippen molar-refractivity contribution >= 4 is 18.0 Å². The van der Waals surface area contributed by atoms with Crippen LogP contribution in [-0.2, 0) is 11.3 Å². The molecule has 3 rings (SSSR count). The Bertz CT molecular complexity index is 835. The summed E-state index contributed by atoms with van der Waals surface area (Å²) in [6.45, 7) is 1.74. The molecule has 1 N–H and O–H groups in total. The summed E-state index contributed by atoms with van der Waals surface area (Å²) in [5.41, 5.74) is 2.02. The third kappa shape index (κ3) is 3.49. The van der Waals surface area contributed by atoms with Crippen LogP contribution in [0.25, 0.3) is 11.3 Å². The molecule has 0 fully saturated rings. The highest BCUT2D eigenvalue weighted by molar-refractivity contribution is 5.89. The Morgan fingerprint density at radius 2 is 2.13 bits per heavy atom. The van der Waals surface area contributed by atoms with Crippen molar-refractivity contribution in [2.24, 2.45) is 0 Å². The second-order valence-electron chi connectivity index (χ2n) is 4.91. The van der Waals surface area contributed by atoms with Gasteiger partial charge in [0.25, 0.3) is 0 Å². The summed E-state index contributed by atoms with van der Waals surface area (Å²) < 4.78 is 6.29. The number of carbonyl (C=O) groups excluding carboxylic acids is 2. The molecule has 2 aromatic heterocycles. The fourth-order valence-corrected chi connectivity index (χ4v) is 2.00. The van der Waals surface area contributed by atoms with E-state index in [0.717, 1.165) is 11.8 Å². The zero-order valence-corrected chi connectivity index (χ0v) is 12.3. The van der Waals surface area contributed by atoms with Gasteiger partial charge in [-0.1, -0.05) is 34.6 Å². The van der Waals surface area contributed by atoms with Gasteiger partial charge in [-0.2, -0.15) is 0 Å². The van der Waals surface area contributed by atoms with Crippen LogP contribution in [0, 0.1) is 6.92 Å². The fraction of sp³-hybridized carbons (Fsp3) is 0.133. The van der Waals surface area contributed by atoms with Crippen LogP contribution < -0.4 is 5.32 Å². The van der Waals surface area contributed by atoms with E-state index in [0.29, 0.717) is 22.8 Å². The van der Waals surface area contributed by atoms with E-state index < -0.39 is 0 Å². The van der Waals surface area contributed by atoms with Crippen molar-refractivity contribution in [3.05, 3.63) is 47.9 Å². The molecule has 0 saturated heterocycles. The lowest BCUT2D eigenvalue weighted by Gasteiger charge is -2.00. The maximum Gasteiger partial charge on any atom is 0.247 e. The number of rotatable bonds is 5. The van der Waals surface area contributed by atoms with E-state index in [2.05, 4.69) is 20.8 Å². The van der Waals surface area contributed by atoms with Crippen molar-refractivity contribution < 1.29 is 14.1 Å². The fourth-order valence-electron chi connectivity index (χ4n) is 2.00. The summed E-state index contributed by atoms with van der Waals surface area (Å²) in [7, 11) is 0. The standard InChI is InChI=1S/C15H13N5O3/c1-10-6-14(18-23-10)16-15(22)8-20-7-13(17-19-20)12-4-2-11(9-21)3-5-12/h2-7,9H,8H2,1H3,(H,16,18,22). The van der Waals surface area contributed by atoms with Gasteiger partial charge in [0.2, 0.25) is 5.91 Å². The lowest BCUT2D eigenvalue weighted by molar-refractivity contribution is -0.117. The first-order valence-corrected chi connectivity index (χ1v) is 6.83. The van der Waals surface area contributed by atoms with Crippen LogP contribution in [0.2, 0.25) is 0 Å².